The maximum atomic E-state index is 13.4. The molecule has 0 radical (unpaired) electrons. The topological polar surface area (TPSA) is 119 Å². The minimum absolute atomic E-state index is 0.0693. The molecule has 12 nitrogen and oxygen atoms in total. The first-order valence-corrected chi connectivity index (χ1v) is 25.7. The van der Waals surface area contributed by atoms with Crippen LogP contribution in [0.15, 0.2) is 212 Å². The first-order valence-electron chi connectivity index (χ1n) is 25.7. The molecule has 0 unspecified atom stereocenters. The summed E-state index contributed by atoms with van der Waals surface area (Å²) in [5.74, 6) is -0.571. The molecule has 10 atom stereocenters. The van der Waals surface area contributed by atoms with Crippen molar-refractivity contribution in [2.24, 2.45) is 0 Å². The van der Waals surface area contributed by atoms with Gasteiger partial charge in [-0.2, -0.15) is 0 Å². The molecule has 0 spiro atoms. The van der Waals surface area contributed by atoms with Crippen molar-refractivity contribution in [3.8, 4) is 0 Å². The zero-order chi connectivity index (χ0) is 51.3. The lowest BCUT2D eigenvalue weighted by Crippen LogP contribution is -2.66. The molecule has 75 heavy (non-hydrogen) atoms. The molecule has 0 aromatic heterocycles. The molecule has 12 heteroatoms. The van der Waals surface area contributed by atoms with Crippen LogP contribution in [0, 0.1) is 0 Å². The second-order valence-corrected chi connectivity index (χ2v) is 18.6. The highest BCUT2D eigenvalue weighted by atomic mass is 16.8. The summed E-state index contributed by atoms with van der Waals surface area (Å²) in [6, 6.07) is 69.3. The lowest BCUT2D eigenvalue weighted by atomic mass is 9.96. The van der Waals surface area contributed by atoms with Crippen molar-refractivity contribution in [2.75, 3.05) is 13.2 Å². The lowest BCUT2D eigenvalue weighted by Gasteiger charge is -2.49. The van der Waals surface area contributed by atoms with Gasteiger partial charge in [0, 0.05) is 6.92 Å². The minimum atomic E-state index is -1.31. The molecule has 7 aromatic rings. The number of ether oxygens (including phenoxy) is 11. The Labute approximate surface area is 440 Å². The van der Waals surface area contributed by atoms with Crippen molar-refractivity contribution in [1.82, 2.24) is 0 Å². The van der Waals surface area contributed by atoms with Crippen LogP contribution in [-0.4, -0.2) is 80.6 Å². The Kier molecular flexibility index (Phi) is 20.3. The summed E-state index contributed by atoms with van der Waals surface area (Å²) in [5, 5.41) is 0. The monoisotopic (exact) mass is 1010 g/mol. The van der Waals surface area contributed by atoms with Crippen molar-refractivity contribution in [3.05, 3.63) is 251 Å². The average molecular weight is 1020 g/mol. The second kappa shape index (κ2) is 28.5. The van der Waals surface area contributed by atoms with Gasteiger partial charge in [-0.1, -0.05) is 212 Å². The quantitative estimate of drug-likeness (QED) is 0.0481. The Morgan fingerprint density at radius 3 is 0.893 bits per heavy atom. The molecule has 9 rings (SSSR count). The summed E-state index contributed by atoms with van der Waals surface area (Å²) < 4.78 is 75.3. The Bertz CT molecular complexity index is 2670. The largest absolute Gasteiger partial charge is 0.454 e. The number of benzene rings is 7. The zero-order valence-electron chi connectivity index (χ0n) is 42.2. The SMILES string of the molecule is CC(=O)O[C@@H]1[C@@H](O[C@H]2O[C@H](COCc3ccccc3)[C@@H](OCc3ccccc3)[C@H](OCc3ccccc3)[C@@H]2OCc2ccccc2)O[C@H](COCc2ccccc2)[C@@H](OCc2ccccc2)[C@@H]1OCc1ccccc1. The standard InChI is InChI=1S/C63H66O12/c1-46(64)72-61-59(70-42-52-33-19-7-20-34-52)57(68-40-50-29-15-5-16-30-50)55(45-66-38-48-25-11-3-12-26-48)74-63(61)75-62-60(71-43-53-35-21-8-22-36-53)58(69-41-51-31-17-6-18-32-51)56(67-39-49-27-13-4-14-28-49)54(73-62)44-65-37-47-23-9-2-10-24-47/h2-36,54-63H,37-45H2,1H3/t54-,55-,56-,57-,58+,59+,60+,61+,62-,63-/m1/s1. The molecule has 0 amide bonds. The van der Waals surface area contributed by atoms with Crippen molar-refractivity contribution < 1.29 is 56.9 Å². The smallest absolute Gasteiger partial charge is 0.303 e. The maximum Gasteiger partial charge on any atom is 0.303 e. The molecule has 2 aliphatic rings. The van der Waals surface area contributed by atoms with Gasteiger partial charge in [0.05, 0.1) is 59.5 Å². The molecule has 0 bridgehead atoms. The van der Waals surface area contributed by atoms with Gasteiger partial charge < -0.3 is 52.1 Å². The fourth-order valence-electron chi connectivity index (χ4n) is 9.22. The van der Waals surface area contributed by atoms with E-state index in [9.17, 15) is 4.79 Å². The summed E-state index contributed by atoms with van der Waals surface area (Å²) in [6.45, 7) is 3.16. The van der Waals surface area contributed by atoms with Gasteiger partial charge in [-0.05, 0) is 38.9 Å². The molecule has 2 fully saturated rings. The van der Waals surface area contributed by atoms with Gasteiger partial charge in [-0.25, -0.2) is 0 Å². The van der Waals surface area contributed by atoms with Crippen molar-refractivity contribution in [3.63, 3.8) is 0 Å². The predicted molar refractivity (Wildman–Crippen MR) is 281 cm³/mol. The molecule has 7 aromatic carbocycles. The van der Waals surface area contributed by atoms with E-state index >= 15 is 0 Å². The van der Waals surface area contributed by atoms with E-state index in [-0.39, 0.29) is 46.2 Å². The van der Waals surface area contributed by atoms with Crippen LogP contribution in [-0.2, 0) is 103 Å². The van der Waals surface area contributed by atoms with E-state index in [0.717, 1.165) is 38.9 Å². The average Bonchev–Trinajstić information content (AvgIpc) is 3.45. The minimum Gasteiger partial charge on any atom is -0.454 e. The van der Waals surface area contributed by atoms with Crippen LogP contribution in [0.1, 0.15) is 45.9 Å². The zero-order valence-corrected chi connectivity index (χ0v) is 42.2. The van der Waals surface area contributed by atoms with Crippen LogP contribution < -0.4 is 0 Å². The first-order chi connectivity index (χ1) is 37.0. The van der Waals surface area contributed by atoms with Crippen LogP contribution in [0.3, 0.4) is 0 Å². The second-order valence-electron chi connectivity index (χ2n) is 18.6. The molecule has 2 aliphatic heterocycles. The van der Waals surface area contributed by atoms with Gasteiger partial charge in [-0.15, -0.1) is 0 Å². The van der Waals surface area contributed by atoms with Crippen LogP contribution in [0.2, 0.25) is 0 Å². The molecule has 2 heterocycles. The van der Waals surface area contributed by atoms with Gasteiger partial charge in [0.25, 0.3) is 0 Å². The molecule has 2 saturated heterocycles. The van der Waals surface area contributed by atoms with Crippen LogP contribution >= 0.6 is 0 Å². The molecule has 0 aliphatic carbocycles. The van der Waals surface area contributed by atoms with Crippen molar-refractivity contribution >= 4 is 5.97 Å². The number of rotatable bonds is 26. The van der Waals surface area contributed by atoms with Gasteiger partial charge in [0.2, 0.25) is 6.29 Å². The lowest BCUT2D eigenvalue weighted by molar-refractivity contribution is -0.391. The van der Waals surface area contributed by atoms with E-state index in [1.54, 1.807) is 0 Å². The Morgan fingerprint density at radius 2 is 0.587 bits per heavy atom. The van der Waals surface area contributed by atoms with Crippen LogP contribution in [0.25, 0.3) is 0 Å². The third-order valence-corrected chi connectivity index (χ3v) is 13.0. The molecular formula is C63H66O12. The fourth-order valence-corrected chi connectivity index (χ4v) is 9.22. The van der Waals surface area contributed by atoms with Crippen molar-refractivity contribution in [1.29, 1.82) is 0 Å². The first kappa shape index (κ1) is 53.4. The molecule has 0 N–H and O–H groups in total. The van der Waals surface area contributed by atoms with Crippen LogP contribution in [0.5, 0.6) is 0 Å². The molecular weight excluding hydrogens is 949 g/mol. The normalized spacial score (nSPS) is 23.6. The number of hydrogen-bond donors (Lipinski definition) is 0. The Hall–Kier alpha value is -6.39. The van der Waals surface area contributed by atoms with Crippen molar-refractivity contribution in [2.45, 2.75) is 115 Å². The summed E-state index contributed by atoms with van der Waals surface area (Å²) in [7, 11) is 0. The Balaban J connectivity index is 1.10. The predicted octanol–water partition coefficient (Wildman–Crippen LogP) is 10.7. The number of esters is 1. The number of carbonyl (C=O) groups excluding carboxylic acids is 1. The van der Waals surface area contributed by atoms with E-state index in [1.165, 1.54) is 6.92 Å². The highest BCUT2D eigenvalue weighted by Crippen LogP contribution is 2.37. The summed E-state index contributed by atoms with van der Waals surface area (Å²) in [4.78, 5) is 13.4. The van der Waals surface area contributed by atoms with E-state index in [2.05, 4.69) is 0 Å². The molecule has 0 saturated carbocycles. The Morgan fingerprint density at radius 1 is 0.333 bits per heavy atom. The van der Waals surface area contributed by atoms with E-state index < -0.39 is 67.4 Å². The third-order valence-electron chi connectivity index (χ3n) is 13.0. The van der Waals surface area contributed by atoms with Gasteiger partial charge in [0.1, 0.15) is 42.7 Å². The van der Waals surface area contributed by atoms with E-state index in [1.807, 2.05) is 212 Å². The fraction of sp³-hybridized carbons (Fsp3) is 0.317. The van der Waals surface area contributed by atoms with Crippen LogP contribution in [0.4, 0.5) is 0 Å². The van der Waals surface area contributed by atoms with Gasteiger partial charge >= 0.3 is 5.97 Å². The maximum absolute atomic E-state index is 13.4. The summed E-state index contributed by atoms with van der Waals surface area (Å²) in [5.41, 5.74) is 6.66. The van der Waals surface area contributed by atoms with Gasteiger partial charge in [-0.3, -0.25) is 4.79 Å². The summed E-state index contributed by atoms with van der Waals surface area (Å²) in [6.07, 6.45) is -9.55. The summed E-state index contributed by atoms with van der Waals surface area (Å²) >= 11 is 0. The number of carbonyl (C=O) groups is 1. The third kappa shape index (κ3) is 16.1. The van der Waals surface area contributed by atoms with E-state index in [4.69, 9.17) is 52.1 Å². The van der Waals surface area contributed by atoms with E-state index in [0.29, 0.717) is 13.2 Å². The van der Waals surface area contributed by atoms with Gasteiger partial charge in [0.15, 0.2) is 12.4 Å². The number of hydrogen-bond acceptors (Lipinski definition) is 12. The molecule has 390 valence electrons. The highest BCUT2D eigenvalue weighted by Gasteiger charge is 2.55. The highest BCUT2D eigenvalue weighted by molar-refractivity contribution is 5.66.